The number of carbonyl (C=O) groups is 2. The smallest absolute Gasteiger partial charge is 0.310 e. The van der Waals surface area contributed by atoms with Crippen molar-refractivity contribution >= 4 is 11.9 Å². The number of rotatable bonds is 6. The molecule has 0 aliphatic carbocycles. The number of aryl methyl sites for hydroxylation is 1. The first kappa shape index (κ1) is 16.2. The number of hydrogen-bond acceptors (Lipinski definition) is 3. The lowest BCUT2D eigenvalue weighted by Gasteiger charge is -2.24. The van der Waals surface area contributed by atoms with E-state index in [4.69, 9.17) is 4.74 Å². The summed E-state index contributed by atoms with van der Waals surface area (Å²) in [6.07, 6.45) is 0.853. The molecule has 1 aromatic carbocycles. The van der Waals surface area contributed by atoms with Gasteiger partial charge >= 0.3 is 5.97 Å². The van der Waals surface area contributed by atoms with Crippen LogP contribution in [0, 0.1) is 12.8 Å². The van der Waals surface area contributed by atoms with E-state index in [1.165, 1.54) is 7.11 Å². The minimum atomic E-state index is -0.319. The molecular formula is C16H23NO3. The third-order valence-electron chi connectivity index (χ3n) is 3.18. The van der Waals surface area contributed by atoms with Crippen LogP contribution in [0.25, 0.3) is 0 Å². The predicted molar refractivity (Wildman–Crippen MR) is 78.6 cm³/mol. The van der Waals surface area contributed by atoms with Gasteiger partial charge in [0.1, 0.15) is 0 Å². The van der Waals surface area contributed by atoms with Crippen molar-refractivity contribution in [1.82, 2.24) is 4.90 Å². The van der Waals surface area contributed by atoms with Gasteiger partial charge in [-0.15, -0.1) is 0 Å². The number of methoxy groups -OCH3 is 1. The second kappa shape index (κ2) is 7.68. The third kappa shape index (κ3) is 4.37. The minimum absolute atomic E-state index is 0.0393. The lowest BCUT2D eigenvalue weighted by Crippen LogP contribution is -2.37. The standard InChI is InChI=1S/C16H23NO3/c1-5-10-17(11-13(3)16(19)20-4)15(18)14-8-6-12(2)7-9-14/h6-9,13H,5,10-11H2,1-4H3. The second-order valence-corrected chi connectivity index (χ2v) is 5.04. The summed E-state index contributed by atoms with van der Waals surface area (Å²) in [6.45, 7) is 6.79. The Kier molecular flexibility index (Phi) is 6.22. The fourth-order valence-corrected chi connectivity index (χ4v) is 2.03. The number of carbonyl (C=O) groups excluding carboxylic acids is 2. The lowest BCUT2D eigenvalue weighted by atomic mass is 10.1. The third-order valence-corrected chi connectivity index (χ3v) is 3.18. The Morgan fingerprint density at radius 3 is 2.35 bits per heavy atom. The summed E-state index contributed by atoms with van der Waals surface area (Å²) in [5.41, 5.74) is 1.77. The largest absolute Gasteiger partial charge is 0.469 e. The maximum atomic E-state index is 12.5. The molecule has 110 valence electrons. The van der Waals surface area contributed by atoms with Crippen LogP contribution in [0.3, 0.4) is 0 Å². The summed E-state index contributed by atoms with van der Waals surface area (Å²) < 4.78 is 4.72. The topological polar surface area (TPSA) is 46.6 Å². The van der Waals surface area contributed by atoms with Crippen LogP contribution in [-0.2, 0) is 9.53 Å². The van der Waals surface area contributed by atoms with Crippen LogP contribution < -0.4 is 0 Å². The molecule has 0 aliphatic heterocycles. The normalized spacial score (nSPS) is 11.8. The molecule has 0 fully saturated rings. The van der Waals surface area contributed by atoms with Crippen molar-refractivity contribution in [3.05, 3.63) is 35.4 Å². The highest BCUT2D eigenvalue weighted by atomic mass is 16.5. The van der Waals surface area contributed by atoms with E-state index >= 15 is 0 Å². The van der Waals surface area contributed by atoms with Crippen molar-refractivity contribution in [2.45, 2.75) is 27.2 Å². The molecule has 0 N–H and O–H groups in total. The molecule has 0 heterocycles. The van der Waals surface area contributed by atoms with Crippen LogP contribution in [-0.4, -0.2) is 37.0 Å². The van der Waals surface area contributed by atoms with Crippen molar-refractivity contribution in [2.75, 3.05) is 20.2 Å². The predicted octanol–water partition coefficient (Wildman–Crippen LogP) is 2.66. The van der Waals surface area contributed by atoms with Crippen LogP contribution in [0.4, 0.5) is 0 Å². The molecule has 1 aromatic rings. The van der Waals surface area contributed by atoms with Gasteiger partial charge in [-0.25, -0.2) is 0 Å². The van der Waals surface area contributed by atoms with Gasteiger partial charge in [-0.1, -0.05) is 31.5 Å². The van der Waals surface area contributed by atoms with Gasteiger partial charge in [0.2, 0.25) is 0 Å². The van der Waals surface area contributed by atoms with Gasteiger partial charge in [-0.3, -0.25) is 9.59 Å². The molecule has 1 atom stereocenters. The van der Waals surface area contributed by atoms with E-state index in [-0.39, 0.29) is 17.8 Å². The first-order chi connectivity index (χ1) is 9.49. The molecule has 20 heavy (non-hydrogen) atoms. The Balaban J connectivity index is 2.81. The van der Waals surface area contributed by atoms with Crippen molar-refractivity contribution in [3.8, 4) is 0 Å². The van der Waals surface area contributed by atoms with Crippen molar-refractivity contribution in [1.29, 1.82) is 0 Å². The quantitative estimate of drug-likeness (QED) is 0.751. The molecule has 0 saturated heterocycles. The van der Waals surface area contributed by atoms with Crippen LogP contribution in [0.1, 0.15) is 36.2 Å². The van der Waals surface area contributed by atoms with Gasteiger partial charge in [0.25, 0.3) is 5.91 Å². The SMILES string of the molecule is CCCN(CC(C)C(=O)OC)C(=O)c1ccc(C)cc1. The molecule has 4 nitrogen and oxygen atoms in total. The molecule has 1 unspecified atom stereocenters. The summed E-state index contributed by atoms with van der Waals surface area (Å²) in [5, 5.41) is 0. The second-order valence-electron chi connectivity index (χ2n) is 5.04. The van der Waals surface area contributed by atoms with Gasteiger partial charge in [0.15, 0.2) is 0 Å². The number of hydrogen-bond donors (Lipinski definition) is 0. The molecule has 0 aliphatic rings. The summed E-state index contributed by atoms with van der Waals surface area (Å²) in [6, 6.07) is 7.48. The summed E-state index contributed by atoms with van der Waals surface area (Å²) in [5.74, 6) is -0.647. The molecule has 0 saturated carbocycles. The van der Waals surface area contributed by atoms with Gasteiger partial charge in [-0.2, -0.15) is 0 Å². The van der Waals surface area contributed by atoms with Crippen LogP contribution in [0.15, 0.2) is 24.3 Å². The first-order valence-corrected chi connectivity index (χ1v) is 6.93. The Morgan fingerprint density at radius 1 is 1.25 bits per heavy atom. The van der Waals surface area contributed by atoms with Crippen molar-refractivity contribution in [2.24, 2.45) is 5.92 Å². The van der Waals surface area contributed by atoms with E-state index in [2.05, 4.69) is 0 Å². The number of amides is 1. The average molecular weight is 277 g/mol. The number of ether oxygens (including phenoxy) is 1. The van der Waals surface area contributed by atoms with E-state index in [1.807, 2.05) is 38.1 Å². The zero-order chi connectivity index (χ0) is 15.1. The fourth-order valence-electron chi connectivity index (χ4n) is 2.03. The number of esters is 1. The van der Waals surface area contributed by atoms with E-state index in [0.29, 0.717) is 18.7 Å². The van der Waals surface area contributed by atoms with E-state index in [1.54, 1.807) is 11.8 Å². The zero-order valence-corrected chi connectivity index (χ0v) is 12.7. The van der Waals surface area contributed by atoms with Crippen molar-refractivity contribution < 1.29 is 14.3 Å². The highest BCUT2D eigenvalue weighted by molar-refractivity contribution is 5.94. The summed E-state index contributed by atoms with van der Waals surface area (Å²) >= 11 is 0. The molecule has 0 spiro atoms. The Labute approximate surface area is 120 Å². The highest BCUT2D eigenvalue weighted by Gasteiger charge is 2.21. The maximum absolute atomic E-state index is 12.5. The lowest BCUT2D eigenvalue weighted by molar-refractivity contribution is -0.145. The molecule has 4 heteroatoms. The van der Waals surface area contributed by atoms with E-state index in [0.717, 1.165) is 12.0 Å². The minimum Gasteiger partial charge on any atom is -0.469 e. The van der Waals surface area contributed by atoms with E-state index < -0.39 is 0 Å². The van der Waals surface area contributed by atoms with Gasteiger partial charge < -0.3 is 9.64 Å². The Hall–Kier alpha value is -1.84. The van der Waals surface area contributed by atoms with Crippen molar-refractivity contribution in [3.63, 3.8) is 0 Å². The number of nitrogens with zero attached hydrogens (tertiary/aromatic N) is 1. The Morgan fingerprint density at radius 2 is 1.85 bits per heavy atom. The number of benzene rings is 1. The van der Waals surface area contributed by atoms with E-state index in [9.17, 15) is 9.59 Å². The molecule has 0 aromatic heterocycles. The average Bonchev–Trinajstić information content (AvgIpc) is 2.45. The summed E-state index contributed by atoms with van der Waals surface area (Å²) in [4.78, 5) is 25.7. The highest BCUT2D eigenvalue weighted by Crippen LogP contribution is 2.11. The van der Waals surface area contributed by atoms with Gasteiger partial charge in [0.05, 0.1) is 13.0 Å². The van der Waals surface area contributed by atoms with Gasteiger partial charge in [-0.05, 0) is 25.5 Å². The van der Waals surface area contributed by atoms with Crippen LogP contribution >= 0.6 is 0 Å². The molecule has 1 rings (SSSR count). The fraction of sp³-hybridized carbons (Fsp3) is 0.500. The maximum Gasteiger partial charge on any atom is 0.310 e. The molecule has 1 amide bonds. The molecule has 0 radical (unpaired) electrons. The van der Waals surface area contributed by atoms with Crippen LogP contribution in [0.2, 0.25) is 0 Å². The molecular weight excluding hydrogens is 254 g/mol. The monoisotopic (exact) mass is 277 g/mol. The first-order valence-electron chi connectivity index (χ1n) is 6.93. The zero-order valence-electron chi connectivity index (χ0n) is 12.7. The Bertz CT molecular complexity index is 453. The van der Waals surface area contributed by atoms with Gasteiger partial charge in [0, 0.05) is 18.7 Å². The molecule has 0 bridgehead atoms. The van der Waals surface area contributed by atoms with Crippen LogP contribution in [0.5, 0.6) is 0 Å². The summed E-state index contributed by atoms with van der Waals surface area (Å²) in [7, 11) is 1.37.